The lowest BCUT2D eigenvalue weighted by Gasteiger charge is -1.95. The first-order valence-corrected chi connectivity index (χ1v) is 5.29. The molecule has 0 saturated carbocycles. The van der Waals surface area contributed by atoms with Crippen molar-refractivity contribution >= 4 is 33.0 Å². The van der Waals surface area contributed by atoms with Crippen molar-refractivity contribution in [1.29, 1.82) is 0 Å². The highest BCUT2D eigenvalue weighted by Gasteiger charge is 2.03. The Hall–Kier alpha value is -0.190. The normalized spacial score (nSPS) is 10.2. The zero-order chi connectivity index (χ0) is 8.97. The van der Waals surface area contributed by atoms with Gasteiger partial charge in [0.25, 0.3) is 0 Å². The van der Waals surface area contributed by atoms with Gasteiger partial charge in [0.15, 0.2) is 5.78 Å². The first kappa shape index (κ1) is 9.89. The number of hydrogen-bond acceptors (Lipinski definition) is 3. The van der Waals surface area contributed by atoms with E-state index in [0.717, 1.165) is 9.35 Å². The van der Waals surface area contributed by atoms with Crippen LogP contribution in [0.15, 0.2) is 15.9 Å². The molecule has 1 aromatic rings. The minimum atomic E-state index is 0.229. The summed E-state index contributed by atoms with van der Waals surface area (Å²) in [6.45, 7) is 0.454. The molecule has 66 valence electrons. The van der Waals surface area contributed by atoms with Gasteiger partial charge in [0, 0.05) is 21.2 Å². The third-order valence-electron chi connectivity index (χ3n) is 1.37. The van der Waals surface area contributed by atoms with Crippen molar-refractivity contribution < 1.29 is 4.79 Å². The van der Waals surface area contributed by atoms with E-state index in [2.05, 4.69) is 21.2 Å². The van der Waals surface area contributed by atoms with E-state index in [1.807, 2.05) is 11.4 Å². The standard InChI is InChI=1S/C8H10BrNOS/c1-10-4-7(11)3-8-2-6(9)5-12-8/h2,5,10H,3-4H2,1H3. The zero-order valence-electron chi connectivity index (χ0n) is 6.76. The second-order valence-electron chi connectivity index (χ2n) is 2.48. The summed E-state index contributed by atoms with van der Waals surface area (Å²) in [7, 11) is 1.78. The Balaban J connectivity index is 2.46. The van der Waals surface area contributed by atoms with Crippen LogP contribution in [0, 0.1) is 0 Å². The number of nitrogens with one attached hydrogen (secondary N) is 1. The molecular formula is C8H10BrNOS. The predicted octanol–water partition coefficient (Wildman–Crippen LogP) is 1.84. The first-order valence-electron chi connectivity index (χ1n) is 3.61. The highest BCUT2D eigenvalue weighted by Crippen LogP contribution is 2.19. The minimum Gasteiger partial charge on any atom is -0.313 e. The molecule has 0 amide bonds. The van der Waals surface area contributed by atoms with E-state index in [4.69, 9.17) is 0 Å². The molecule has 12 heavy (non-hydrogen) atoms. The maximum absolute atomic E-state index is 11.2. The highest BCUT2D eigenvalue weighted by atomic mass is 79.9. The van der Waals surface area contributed by atoms with Gasteiger partial charge in [-0.15, -0.1) is 11.3 Å². The van der Waals surface area contributed by atoms with Crippen molar-refractivity contribution in [2.45, 2.75) is 6.42 Å². The molecule has 0 unspecified atom stereocenters. The van der Waals surface area contributed by atoms with Gasteiger partial charge in [-0.05, 0) is 29.0 Å². The first-order chi connectivity index (χ1) is 5.72. The van der Waals surface area contributed by atoms with Crippen molar-refractivity contribution in [2.24, 2.45) is 0 Å². The van der Waals surface area contributed by atoms with E-state index >= 15 is 0 Å². The van der Waals surface area contributed by atoms with Gasteiger partial charge in [-0.1, -0.05) is 0 Å². The second-order valence-corrected chi connectivity index (χ2v) is 4.39. The van der Waals surface area contributed by atoms with E-state index in [1.165, 1.54) is 0 Å². The Morgan fingerprint density at radius 1 is 1.75 bits per heavy atom. The van der Waals surface area contributed by atoms with Crippen LogP contribution < -0.4 is 5.32 Å². The number of carbonyl (C=O) groups is 1. The quantitative estimate of drug-likeness (QED) is 0.880. The molecular weight excluding hydrogens is 238 g/mol. The summed E-state index contributed by atoms with van der Waals surface area (Å²) in [6, 6.07) is 1.98. The molecule has 1 heterocycles. The van der Waals surface area contributed by atoms with Crippen LogP contribution in [0.2, 0.25) is 0 Å². The fraction of sp³-hybridized carbons (Fsp3) is 0.375. The fourth-order valence-electron chi connectivity index (χ4n) is 0.901. The molecule has 0 saturated heterocycles. The van der Waals surface area contributed by atoms with Gasteiger partial charge in [-0.3, -0.25) is 4.79 Å². The van der Waals surface area contributed by atoms with Crippen molar-refractivity contribution in [2.75, 3.05) is 13.6 Å². The van der Waals surface area contributed by atoms with E-state index < -0.39 is 0 Å². The Labute approximate surface area is 84.1 Å². The lowest BCUT2D eigenvalue weighted by Crippen LogP contribution is -2.19. The summed E-state index contributed by atoms with van der Waals surface area (Å²) in [6.07, 6.45) is 0.539. The largest absolute Gasteiger partial charge is 0.313 e. The highest BCUT2D eigenvalue weighted by molar-refractivity contribution is 9.10. The van der Waals surface area contributed by atoms with Crippen molar-refractivity contribution in [1.82, 2.24) is 5.32 Å². The topological polar surface area (TPSA) is 29.1 Å². The summed E-state index contributed by atoms with van der Waals surface area (Å²) < 4.78 is 1.06. The van der Waals surface area contributed by atoms with Gasteiger partial charge in [-0.2, -0.15) is 0 Å². The number of carbonyl (C=O) groups excluding carboxylic acids is 1. The summed E-state index contributed by atoms with van der Waals surface area (Å²) in [5.41, 5.74) is 0. The lowest BCUT2D eigenvalue weighted by atomic mass is 10.2. The Kier molecular flexibility index (Phi) is 3.91. The summed E-state index contributed by atoms with van der Waals surface area (Å²) in [5.74, 6) is 0.229. The number of Topliss-reactive ketones (excluding diaryl/α,β-unsaturated/α-hetero) is 1. The lowest BCUT2D eigenvalue weighted by molar-refractivity contribution is -0.117. The maximum Gasteiger partial charge on any atom is 0.151 e. The molecule has 0 aromatic carbocycles. The van der Waals surface area contributed by atoms with Gasteiger partial charge in [0.1, 0.15) is 0 Å². The van der Waals surface area contributed by atoms with Crippen LogP contribution in [-0.4, -0.2) is 19.4 Å². The molecule has 0 aliphatic carbocycles. The fourth-order valence-corrected chi connectivity index (χ4v) is 2.38. The van der Waals surface area contributed by atoms with Gasteiger partial charge in [-0.25, -0.2) is 0 Å². The molecule has 1 rings (SSSR count). The van der Waals surface area contributed by atoms with Gasteiger partial charge in [0.05, 0.1) is 6.54 Å². The minimum absolute atomic E-state index is 0.229. The average molecular weight is 248 g/mol. The Morgan fingerprint density at radius 2 is 2.50 bits per heavy atom. The predicted molar refractivity (Wildman–Crippen MR) is 54.7 cm³/mol. The SMILES string of the molecule is CNCC(=O)Cc1cc(Br)cs1. The molecule has 1 N–H and O–H groups in total. The smallest absolute Gasteiger partial charge is 0.151 e. The summed E-state index contributed by atoms with van der Waals surface area (Å²) in [4.78, 5) is 12.3. The summed E-state index contributed by atoms with van der Waals surface area (Å²) >= 11 is 4.95. The Morgan fingerprint density at radius 3 is 3.00 bits per heavy atom. The van der Waals surface area contributed by atoms with Crippen LogP contribution in [0.5, 0.6) is 0 Å². The zero-order valence-corrected chi connectivity index (χ0v) is 9.17. The number of likely N-dealkylation sites (N-methyl/N-ethyl adjacent to an activating group) is 1. The molecule has 0 bridgehead atoms. The monoisotopic (exact) mass is 247 g/mol. The third-order valence-corrected chi connectivity index (χ3v) is 3.06. The molecule has 0 radical (unpaired) electrons. The maximum atomic E-state index is 11.2. The van der Waals surface area contributed by atoms with Crippen LogP contribution in [0.1, 0.15) is 4.88 Å². The third kappa shape index (κ3) is 3.05. The molecule has 0 aliphatic heterocycles. The number of hydrogen-bond donors (Lipinski definition) is 1. The number of ketones is 1. The van der Waals surface area contributed by atoms with Crippen LogP contribution in [-0.2, 0) is 11.2 Å². The van der Waals surface area contributed by atoms with Crippen molar-refractivity contribution in [3.8, 4) is 0 Å². The molecule has 0 aliphatic rings. The molecule has 0 spiro atoms. The second kappa shape index (κ2) is 4.74. The van der Waals surface area contributed by atoms with Gasteiger partial charge >= 0.3 is 0 Å². The van der Waals surface area contributed by atoms with Gasteiger partial charge in [0.2, 0.25) is 0 Å². The van der Waals surface area contributed by atoms with E-state index in [-0.39, 0.29) is 5.78 Å². The van der Waals surface area contributed by atoms with Crippen LogP contribution in [0.25, 0.3) is 0 Å². The van der Waals surface area contributed by atoms with E-state index in [0.29, 0.717) is 13.0 Å². The Bertz CT molecular complexity index is 272. The molecule has 0 fully saturated rings. The van der Waals surface area contributed by atoms with Crippen LogP contribution >= 0.6 is 27.3 Å². The van der Waals surface area contributed by atoms with E-state index in [9.17, 15) is 4.79 Å². The molecule has 2 nitrogen and oxygen atoms in total. The number of halogens is 1. The van der Waals surface area contributed by atoms with E-state index in [1.54, 1.807) is 18.4 Å². The van der Waals surface area contributed by atoms with Gasteiger partial charge < -0.3 is 5.32 Å². The van der Waals surface area contributed by atoms with Crippen LogP contribution in [0.3, 0.4) is 0 Å². The van der Waals surface area contributed by atoms with Crippen LogP contribution in [0.4, 0.5) is 0 Å². The number of thiophene rings is 1. The van der Waals surface area contributed by atoms with Crippen molar-refractivity contribution in [3.63, 3.8) is 0 Å². The summed E-state index contributed by atoms with van der Waals surface area (Å²) in [5, 5.41) is 4.83. The van der Waals surface area contributed by atoms with Crippen molar-refractivity contribution in [3.05, 3.63) is 20.8 Å². The molecule has 4 heteroatoms. The number of rotatable bonds is 4. The molecule has 0 atom stereocenters. The average Bonchev–Trinajstić information content (AvgIpc) is 2.36. The molecule has 1 aromatic heterocycles.